The van der Waals surface area contributed by atoms with E-state index < -0.39 is 0 Å². The monoisotopic (exact) mass is 335 g/mol. The largest absolute Gasteiger partial charge is 0.493 e. The van der Waals surface area contributed by atoms with Crippen LogP contribution in [0.15, 0.2) is 53.5 Å². The van der Waals surface area contributed by atoms with Crippen LogP contribution in [0.5, 0.6) is 5.75 Å². The number of hydrogen-bond donors (Lipinski definition) is 0. The maximum absolute atomic E-state index is 6.02. The number of benzene rings is 2. The average Bonchev–Trinajstić information content (AvgIpc) is 2.87. The predicted octanol–water partition coefficient (Wildman–Crippen LogP) is 6.29. The van der Waals surface area contributed by atoms with E-state index in [0.717, 1.165) is 31.7 Å². The molecule has 132 valence electrons. The van der Waals surface area contributed by atoms with Crippen LogP contribution in [0, 0.1) is 0 Å². The van der Waals surface area contributed by atoms with E-state index in [1.54, 1.807) is 0 Å². The normalized spacial score (nSPS) is 15.5. The highest BCUT2D eigenvalue weighted by molar-refractivity contribution is 6.03. The van der Waals surface area contributed by atoms with Gasteiger partial charge >= 0.3 is 0 Å². The Hall–Kier alpha value is -2.09. The molecule has 0 aliphatic carbocycles. The standard InChI is InChI=1S/C23H29NO/c1-2-3-4-5-9-16-24-22-13-10-17-25-23-18-20(14-15-21(22)23)19-11-7-6-8-12-19/h6-8,11-12,14-15,18H,2-5,9-10,13,16-17H2,1H3. The van der Waals surface area contributed by atoms with E-state index in [4.69, 9.17) is 9.73 Å². The number of nitrogens with zero attached hydrogens (tertiary/aromatic N) is 1. The third-order valence-corrected chi connectivity index (χ3v) is 4.78. The highest BCUT2D eigenvalue weighted by atomic mass is 16.5. The molecule has 0 N–H and O–H groups in total. The molecule has 2 heteroatoms. The molecular weight excluding hydrogens is 306 g/mol. The summed E-state index contributed by atoms with van der Waals surface area (Å²) in [6, 6.07) is 17.0. The molecule has 1 aliphatic rings. The summed E-state index contributed by atoms with van der Waals surface area (Å²) < 4.78 is 6.02. The molecule has 0 bridgehead atoms. The van der Waals surface area contributed by atoms with E-state index in [1.165, 1.54) is 54.5 Å². The minimum absolute atomic E-state index is 0.779. The third-order valence-electron chi connectivity index (χ3n) is 4.78. The fourth-order valence-electron chi connectivity index (χ4n) is 3.34. The van der Waals surface area contributed by atoms with Crippen molar-refractivity contribution < 1.29 is 4.74 Å². The van der Waals surface area contributed by atoms with Crippen molar-refractivity contribution >= 4 is 5.71 Å². The SMILES string of the molecule is CCCCCCCN=C1CCCOc2cc(-c3ccccc3)ccc21. The molecule has 25 heavy (non-hydrogen) atoms. The summed E-state index contributed by atoms with van der Waals surface area (Å²) in [6.07, 6.45) is 8.53. The second-order valence-electron chi connectivity index (χ2n) is 6.77. The first kappa shape index (κ1) is 17.7. The van der Waals surface area contributed by atoms with Crippen LogP contribution in [0.25, 0.3) is 11.1 Å². The molecule has 0 saturated carbocycles. The molecule has 1 heterocycles. The smallest absolute Gasteiger partial charge is 0.128 e. The molecule has 2 nitrogen and oxygen atoms in total. The van der Waals surface area contributed by atoms with Gasteiger partial charge in [-0.3, -0.25) is 4.99 Å². The maximum Gasteiger partial charge on any atom is 0.128 e. The first-order valence-corrected chi connectivity index (χ1v) is 9.74. The first-order chi connectivity index (χ1) is 12.4. The van der Waals surface area contributed by atoms with Crippen LogP contribution in [0.3, 0.4) is 0 Å². The quantitative estimate of drug-likeness (QED) is 0.545. The Morgan fingerprint density at radius 3 is 2.60 bits per heavy atom. The molecule has 0 spiro atoms. The van der Waals surface area contributed by atoms with Crippen LogP contribution in [0.4, 0.5) is 0 Å². The van der Waals surface area contributed by atoms with Crippen molar-refractivity contribution in [3.63, 3.8) is 0 Å². The van der Waals surface area contributed by atoms with Crippen molar-refractivity contribution in [2.24, 2.45) is 4.99 Å². The molecule has 1 aliphatic heterocycles. The number of ether oxygens (including phenoxy) is 1. The Bertz CT molecular complexity index is 690. The fraction of sp³-hybridized carbons (Fsp3) is 0.435. The van der Waals surface area contributed by atoms with E-state index in [1.807, 2.05) is 0 Å². The van der Waals surface area contributed by atoms with Gasteiger partial charge in [-0.05, 0) is 42.5 Å². The summed E-state index contributed by atoms with van der Waals surface area (Å²) in [4.78, 5) is 4.92. The van der Waals surface area contributed by atoms with Gasteiger partial charge < -0.3 is 4.74 Å². The summed E-state index contributed by atoms with van der Waals surface area (Å²) in [7, 11) is 0. The minimum atomic E-state index is 0.779. The molecule has 0 aromatic heterocycles. The van der Waals surface area contributed by atoms with Crippen LogP contribution in [-0.4, -0.2) is 18.9 Å². The molecule has 0 saturated heterocycles. The van der Waals surface area contributed by atoms with Crippen LogP contribution < -0.4 is 4.74 Å². The van der Waals surface area contributed by atoms with Crippen LogP contribution in [0.2, 0.25) is 0 Å². The molecule has 0 atom stereocenters. The lowest BCUT2D eigenvalue weighted by atomic mass is 10.00. The van der Waals surface area contributed by atoms with Crippen molar-refractivity contribution in [3.8, 4) is 16.9 Å². The first-order valence-electron chi connectivity index (χ1n) is 9.74. The Labute approximate surface area is 152 Å². The number of aliphatic imine (C=N–C) groups is 1. The summed E-state index contributed by atoms with van der Waals surface area (Å²) in [5.74, 6) is 0.989. The van der Waals surface area contributed by atoms with Gasteiger partial charge in [-0.1, -0.05) is 69.0 Å². The molecule has 2 aromatic carbocycles. The van der Waals surface area contributed by atoms with Crippen molar-refractivity contribution in [2.45, 2.75) is 51.9 Å². The van der Waals surface area contributed by atoms with Gasteiger partial charge in [0.05, 0.1) is 6.61 Å². The predicted molar refractivity (Wildman–Crippen MR) is 107 cm³/mol. The van der Waals surface area contributed by atoms with E-state index in [2.05, 4.69) is 55.5 Å². The van der Waals surface area contributed by atoms with Crippen molar-refractivity contribution in [1.29, 1.82) is 0 Å². The summed E-state index contributed by atoms with van der Waals surface area (Å²) in [5, 5.41) is 0. The van der Waals surface area contributed by atoms with E-state index in [0.29, 0.717) is 0 Å². The zero-order valence-corrected chi connectivity index (χ0v) is 15.3. The second-order valence-corrected chi connectivity index (χ2v) is 6.77. The van der Waals surface area contributed by atoms with Crippen molar-refractivity contribution in [1.82, 2.24) is 0 Å². The molecule has 0 amide bonds. The molecule has 0 radical (unpaired) electrons. The van der Waals surface area contributed by atoms with Gasteiger partial charge in [0.2, 0.25) is 0 Å². The zero-order chi connectivity index (χ0) is 17.3. The summed E-state index contributed by atoms with van der Waals surface area (Å²) in [5.41, 5.74) is 4.85. The van der Waals surface area contributed by atoms with Gasteiger partial charge in [-0.25, -0.2) is 0 Å². The molecule has 3 rings (SSSR count). The van der Waals surface area contributed by atoms with Gasteiger partial charge in [0.1, 0.15) is 5.75 Å². The Kier molecular flexibility index (Phi) is 6.67. The Balaban J connectivity index is 1.73. The molecule has 2 aromatic rings. The number of fused-ring (bicyclic) bond motifs is 1. The summed E-state index contributed by atoms with van der Waals surface area (Å²) in [6.45, 7) is 3.98. The van der Waals surface area contributed by atoms with E-state index in [-0.39, 0.29) is 0 Å². The highest BCUT2D eigenvalue weighted by Crippen LogP contribution is 2.30. The Morgan fingerprint density at radius 1 is 0.920 bits per heavy atom. The van der Waals surface area contributed by atoms with Crippen LogP contribution in [-0.2, 0) is 0 Å². The Morgan fingerprint density at radius 2 is 1.76 bits per heavy atom. The van der Waals surface area contributed by atoms with Gasteiger partial charge in [0.25, 0.3) is 0 Å². The van der Waals surface area contributed by atoms with Gasteiger partial charge in [-0.2, -0.15) is 0 Å². The van der Waals surface area contributed by atoms with Crippen LogP contribution in [0.1, 0.15) is 57.4 Å². The lowest BCUT2D eigenvalue weighted by Crippen LogP contribution is -2.02. The molecule has 0 unspecified atom stereocenters. The number of rotatable bonds is 7. The van der Waals surface area contributed by atoms with Gasteiger partial charge in [0.15, 0.2) is 0 Å². The second kappa shape index (κ2) is 9.41. The minimum Gasteiger partial charge on any atom is -0.493 e. The molecule has 0 fully saturated rings. The van der Waals surface area contributed by atoms with Crippen LogP contribution >= 0.6 is 0 Å². The third kappa shape index (κ3) is 4.94. The summed E-state index contributed by atoms with van der Waals surface area (Å²) >= 11 is 0. The lowest BCUT2D eigenvalue weighted by Gasteiger charge is -2.11. The van der Waals surface area contributed by atoms with E-state index in [9.17, 15) is 0 Å². The van der Waals surface area contributed by atoms with E-state index >= 15 is 0 Å². The van der Waals surface area contributed by atoms with Crippen molar-refractivity contribution in [3.05, 3.63) is 54.1 Å². The zero-order valence-electron chi connectivity index (χ0n) is 15.3. The fourth-order valence-corrected chi connectivity index (χ4v) is 3.34. The highest BCUT2D eigenvalue weighted by Gasteiger charge is 2.15. The van der Waals surface area contributed by atoms with Gasteiger partial charge in [-0.15, -0.1) is 0 Å². The molecular formula is C23H29NO. The number of unbranched alkanes of at least 4 members (excludes halogenated alkanes) is 4. The number of hydrogen-bond acceptors (Lipinski definition) is 2. The maximum atomic E-state index is 6.02. The van der Waals surface area contributed by atoms with Crippen molar-refractivity contribution in [2.75, 3.05) is 13.2 Å². The topological polar surface area (TPSA) is 21.6 Å². The van der Waals surface area contributed by atoms with Gasteiger partial charge in [0, 0.05) is 17.8 Å². The lowest BCUT2D eigenvalue weighted by molar-refractivity contribution is 0.318. The average molecular weight is 335 g/mol.